The van der Waals surface area contributed by atoms with Gasteiger partial charge in [-0.1, -0.05) is 48.3 Å². The predicted molar refractivity (Wildman–Crippen MR) is 139 cm³/mol. The van der Waals surface area contributed by atoms with Gasteiger partial charge in [0.05, 0.1) is 34.0 Å². The molecule has 0 radical (unpaired) electrons. The SMILES string of the molecule is CCCN1C(=O)NC(c2ccc(NC(=O)Nc3c(Cl)cccc3Cl)cc2)C(C(=O)OCCOC)=C1C. The number of benzene rings is 2. The maximum Gasteiger partial charge on any atom is 0.338 e. The lowest BCUT2D eigenvalue weighted by atomic mass is 9.94. The van der Waals surface area contributed by atoms with E-state index in [-0.39, 0.29) is 19.2 Å². The molecular weight excluding hydrogens is 507 g/mol. The summed E-state index contributed by atoms with van der Waals surface area (Å²) in [5.41, 5.74) is 2.31. The lowest BCUT2D eigenvalue weighted by Crippen LogP contribution is -2.48. The molecule has 1 atom stereocenters. The summed E-state index contributed by atoms with van der Waals surface area (Å²) >= 11 is 12.2. The van der Waals surface area contributed by atoms with E-state index in [0.717, 1.165) is 6.42 Å². The smallest absolute Gasteiger partial charge is 0.338 e. The molecule has 1 unspecified atom stereocenters. The number of hydrogen-bond acceptors (Lipinski definition) is 5. The topological polar surface area (TPSA) is 109 Å². The molecule has 1 aliphatic heterocycles. The van der Waals surface area contributed by atoms with E-state index in [1.165, 1.54) is 12.0 Å². The first-order chi connectivity index (χ1) is 17.3. The lowest BCUT2D eigenvalue weighted by Gasteiger charge is -2.35. The van der Waals surface area contributed by atoms with Crippen LogP contribution in [0.3, 0.4) is 0 Å². The van der Waals surface area contributed by atoms with E-state index < -0.39 is 18.0 Å². The van der Waals surface area contributed by atoms with Crippen LogP contribution in [0.4, 0.5) is 21.0 Å². The van der Waals surface area contributed by atoms with E-state index in [2.05, 4.69) is 16.0 Å². The molecule has 4 amide bonds. The summed E-state index contributed by atoms with van der Waals surface area (Å²) in [6, 6.07) is 10.1. The number of hydrogen-bond donors (Lipinski definition) is 3. The van der Waals surface area contributed by atoms with Crippen molar-refractivity contribution in [2.45, 2.75) is 26.3 Å². The van der Waals surface area contributed by atoms with Gasteiger partial charge in [0.25, 0.3) is 0 Å². The van der Waals surface area contributed by atoms with Crippen LogP contribution in [0.5, 0.6) is 0 Å². The highest BCUT2D eigenvalue weighted by molar-refractivity contribution is 6.39. The number of nitrogens with zero attached hydrogens (tertiary/aromatic N) is 1. The summed E-state index contributed by atoms with van der Waals surface area (Å²) in [6.45, 7) is 4.50. The van der Waals surface area contributed by atoms with Crippen molar-refractivity contribution in [2.75, 3.05) is 37.5 Å². The van der Waals surface area contributed by atoms with E-state index in [9.17, 15) is 14.4 Å². The third-order valence-electron chi connectivity index (χ3n) is 5.49. The molecule has 192 valence electrons. The average molecular weight is 535 g/mol. The van der Waals surface area contributed by atoms with Gasteiger partial charge >= 0.3 is 18.0 Å². The zero-order chi connectivity index (χ0) is 26.2. The minimum absolute atomic E-state index is 0.0912. The van der Waals surface area contributed by atoms with Crippen LogP contribution in [0.15, 0.2) is 53.7 Å². The molecule has 2 aromatic rings. The van der Waals surface area contributed by atoms with Gasteiger partial charge in [-0.05, 0) is 43.2 Å². The van der Waals surface area contributed by atoms with Gasteiger partial charge < -0.3 is 25.4 Å². The molecule has 3 N–H and O–H groups in total. The second-order valence-electron chi connectivity index (χ2n) is 7.96. The number of anilines is 2. The van der Waals surface area contributed by atoms with Crippen molar-refractivity contribution >= 4 is 52.6 Å². The normalized spacial score (nSPS) is 15.4. The molecule has 1 aliphatic rings. The van der Waals surface area contributed by atoms with Crippen LogP contribution in [-0.4, -0.2) is 49.8 Å². The van der Waals surface area contributed by atoms with Crippen molar-refractivity contribution < 1.29 is 23.9 Å². The zero-order valence-corrected chi connectivity index (χ0v) is 21.7. The van der Waals surface area contributed by atoms with Gasteiger partial charge in [-0.15, -0.1) is 0 Å². The number of ether oxygens (including phenoxy) is 2. The number of nitrogens with one attached hydrogen (secondary N) is 3. The molecular formula is C25H28Cl2N4O5. The number of carbonyl (C=O) groups excluding carboxylic acids is 3. The summed E-state index contributed by atoms with van der Waals surface area (Å²) in [5, 5.41) is 8.84. The molecule has 0 saturated carbocycles. The Bertz CT molecular complexity index is 1130. The number of urea groups is 2. The van der Waals surface area contributed by atoms with Crippen LogP contribution in [0.2, 0.25) is 10.0 Å². The van der Waals surface area contributed by atoms with Crippen molar-refractivity contribution in [3.8, 4) is 0 Å². The zero-order valence-electron chi connectivity index (χ0n) is 20.2. The summed E-state index contributed by atoms with van der Waals surface area (Å²) in [5.74, 6) is -0.533. The summed E-state index contributed by atoms with van der Waals surface area (Å²) < 4.78 is 10.3. The van der Waals surface area contributed by atoms with Crippen LogP contribution >= 0.6 is 23.2 Å². The molecule has 0 saturated heterocycles. The number of halogens is 2. The largest absolute Gasteiger partial charge is 0.460 e. The number of carbonyl (C=O) groups is 3. The van der Waals surface area contributed by atoms with E-state index >= 15 is 0 Å². The minimum atomic E-state index is -0.717. The minimum Gasteiger partial charge on any atom is -0.460 e. The van der Waals surface area contributed by atoms with Crippen LogP contribution in [0.1, 0.15) is 31.9 Å². The average Bonchev–Trinajstić information content (AvgIpc) is 2.84. The molecule has 9 nitrogen and oxygen atoms in total. The van der Waals surface area contributed by atoms with Crippen molar-refractivity contribution in [3.05, 3.63) is 69.3 Å². The van der Waals surface area contributed by atoms with Crippen molar-refractivity contribution in [1.29, 1.82) is 0 Å². The highest BCUT2D eigenvalue weighted by atomic mass is 35.5. The summed E-state index contributed by atoms with van der Waals surface area (Å²) in [6.07, 6.45) is 0.725. The second-order valence-corrected chi connectivity index (χ2v) is 8.77. The van der Waals surface area contributed by atoms with E-state index in [0.29, 0.717) is 44.8 Å². The number of amides is 4. The van der Waals surface area contributed by atoms with Gasteiger partial charge in [0.15, 0.2) is 0 Å². The fourth-order valence-corrected chi connectivity index (χ4v) is 4.23. The van der Waals surface area contributed by atoms with Gasteiger partial charge in [-0.2, -0.15) is 0 Å². The molecule has 1 heterocycles. The number of para-hydroxylation sites is 1. The molecule has 36 heavy (non-hydrogen) atoms. The Hall–Kier alpha value is -3.27. The Labute approximate surface area is 219 Å². The Morgan fingerprint density at radius 1 is 1.06 bits per heavy atom. The van der Waals surface area contributed by atoms with Crippen molar-refractivity contribution in [1.82, 2.24) is 10.2 Å². The predicted octanol–water partition coefficient (Wildman–Crippen LogP) is 5.58. The second kappa shape index (κ2) is 12.6. The van der Waals surface area contributed by atoms with Gasteiger partial charge in [0.1, 0.15) is 6.61 Å². The lowest BCUT2D eigenvalue weighted by molar-refractivity contribution is -0.140. The van der Waals surface area contributed by atoms with E-state index in [1.54, 1.807) is 49.4 Å². The molecule has 0 aliphatic carbocycles. The number of rotatable bonds is 9. The number of esters is 1. The quantitative estimate of drug-likeness (QED) is 0.287. The van der Waals surface area contributed by atoms with E-state index in [4.69, 9.17) is 32.7 Å². The first kappa shape index (κ1) is 27.3. The van der Waals surface area contributed by atoms with Gasteiger partial charge in [0.2, 0.25) is 0 Å². The fourth-order valence-electron chi connectivity index (χ4n) is 3.74. The molecule has 11 heteroatoms. The Morgan fingerprint density at radius 3 is 2.33 bits per heavy atom. The van der Waals surface area contributed by atoms with Crippen molar-refractivity contribution in [2.24, 2.45) is 0 Å². The molecule has 2 aromatic carbocycles. The first-order valence-corrected chi connectivity index (χ1v) is 12.1. The molecule has 3 rings (SSSR count). The monoisotopic (exact) mass is 534 g/mol. The number of allylic oxidation sites excluding steroid dienone is 1. The molecule has 0 bridgehead atoms. The highest BCUT2D eigenvalue weighted by Gasteiger charge is 2.36. The molecule has 0 spiro atoms. The fraction of sp³-hybridized carbons (Fsp3) is 0.320. The highest BCUT2D eigenvalue weighted by Crippen LogP contribution is 2.33. The van der Waals surface area contributed by atoms with Gasteiger partial charge in [-0.3, -0.25) is 4.90 Å². The number of methoxy groups -OCH3 is 1. The Kier molecular flexibility index (Phi) is 9.58. The standard InChI is InChI=1S/C25H28Cl2N4O5/c1-4-12-31-15(2)20(23(32)36-14-13-35-3)21(30-25(31)34)16-8-10-17(11-9-16)28-24(33)29-22-18(26)6-5-7-19(22)27/h5-11,21H,4,12-14H2,1-3H3,(H,30,34)(H2,28,29,33). The third kappa shape index (κ3) is 6.48. The maximum absolute atomic E-state index is 13.0. The van der Waals surface area contributed by atoms with Gasteiger partial charge in [-0.25, -0.2) is 14.4 Å². The van der Waals surface area contributed by atoms with E-state index in [1.807, 2.05) is 6.92 Å². The van der Waals surface area contributed by atoms with Crippen LogP contribution in [-0.2, 0) is 14.3 Å². The third-order valence-corrected chi connectivity index (χ3v) is 6.12. The maximum atomic E-state index is 13.0. The first-order valence-electron chi connectivity index (χ1n) is 11.3. The Balaban J connectivity index is 1.80. The van der Waals surface area contributed by atoms with Gasteiger partial charge in [0, 0.05) is 25.0 Å². The van der Waals surface area contributed by atoms with Crippen LogP contribution in [0.25, 0.3) is 0 Å². The Morgan fingerprint density at radius 2 is 1.72 bits per heavy atom. The van der Waals surface area contributed by atoms with Crippen LogP contribution in [0, 0.1) is 0 Å². The van der Waals surface area contributed by atoms with Crippen LogP contribution < -0.4 is 16.0 Å². The summed E-state index contributed by atoms with van der Waals surface area (Å²) in [4.78, 5) is 39.7. The summed E-state index contributed by atoms with van der Waals surface area (Å²) in [7, 11) is 1.52. The molecule has 0 fully saturated rings. The molecule has 0 aromatic heterocycles. The van der Waals surface area contributed by atoms with Crippen molar-refractivity contribution in [3.63, 3.8) is 0 Å².